The number of fused-ring (bicyclic) bond motifs is 1. The lowest BCUT2D eigenvalue weighted by Crippen LogP contribution is -2.26. The number of aromatic nitrogens is 1. The van der Waals surface area contributed by atoms with E-state index in [1.807, 2.05) is 11.3 Å². The quantitative estimate of drug-likeness (QED) is 0.875. The van der Waals surface area contributed by atoms with E-state index in [9.17, 15) is 0 Å². The van der Waals surface area contributed by atoms with E-state index in [1.54, 1.807) is 0 Å². The molecular weight excluding hydrogens is 300 g/mol. The topological polar surface area (TPSA) is 38.9 Å². The van der Waals surface area contributed by atoms with E-state index >= 15 is 0 Å². The zero-order valence-corrected chi connectivity index (χ0v) is 15.5. The van der Waals surface area contributed by atoms with Crippen molar-refractivity contribution in [2.45, 2.75) is 59.4 Å². The van der Waals surface area contributed by atoms with E-state index < -0.39 is 0 Å². The van der Waals surface area contributed by atoms with Gasteiger partial charge in [0.15, 0.2) is 0 Å². The van der Waals surface area contributed by atoms with Crippen molar-refractivity contribution in [3.05, 3.63) is 51.0 Å². The fourth-order valence-corrected chi connectivity index (χ4v) is 4.63. The molecule has 0 amide bonds. The van der Waals surface area contributed by atoms with Crippen molar-refractivity contribution in [1.29, 1.82) is 0 Å². The van der Waals surface area contributed by atoms with Crippen LogP contribution in [0.5, 0.6) is 0 Å². The number of thiazole rings is 1. The van der Waals surface area contributed by atoms with Crippen molar-refractivity contribution in [2.75, 3.05) is 0 Å². The highest BCUT2D eigenvalue weighted by atomic mass is 32.1. The molecule has 1 aromatic carbocycles. The molecule has 2 aromatic rings. The Morgan fingerprint density at radius 2 is 1.96 bits per heavy atom. The lowest BCUT2D eigenvalue weighted by molar-refractivity contribution is 0.217. The summed E-state index contributed by atoms with van der Waals surface area (Å²) in [5.74, 6) is 0.772. The number of benzene rings is 1. The molecule has 0 bridgehead atoms. The van der Waals surface area contributed by atoms with E-state index in [0.717, 1.165) is 18.8 Å². The average Bonchev–Trinajstić information content (AvgIpc) is 2.88. The molecule has 2 nitrogen and oxygen atoms in total. The Morgan fingerprint density at radius 3 is 2.61 bits per heavy atom. The lowest BCUT2D eigenvalue weighted by atomic mass is 9.73. The standard InChI is InChI=1S/C20H28N2S/c1-13-5-7-14(8-6-13)16(21)12-19-22-17-10-9-15(20(2,3)4)11-18(17)23-19/h5-8,15-16H,9-12,21H2,1-4H3. The molecule has 1 heterocycles. The van der Waals surface area contributed by atoms with Crippen molar-refractivity contribution in [2.24, 2.45) is 17.1 Å². The van der Waals surface area contributed by atoms with E-state index in [0.29, 0.717) is 5.41 Å². The van der Waals surface area contributed by atoms with Crippen LogP contribution in [0.15, 0.2) is 24.3 Å². The van der Waals surface area contributed by atoms with Gasteiger partial charge >= 0.3 is 0 Å². The molecule has 3 heteroatoms. The Bertz CT molecular complexity index is 664. The van der Waals surface area contributed by atoms with Crippen LogP contribution in [0, 0.1) is 18.3 Å². The van der Waals surface area contributed by atoms with Crippen LogP contribution in [-0.4, -0.2) is 4.98 Å². The highest BCUT2D eigenvalue weighted by Gasteiger charge is 2.30. The SMILES string of the molecule is Cc1ccc(C(N)Cc2nc3c(s2)CC(C(C)(C)C)CC3)cc1. The first-order chi connectivity index (χ1) is 10.8. The van der Waals surface area contributed by atoms with Crippen molar-refractivity contribution < 1.29 is 0 Å². The Hall–Kier alpha value is -1.19. The van der Waals surface area contributed by atoms with Gasteiger partial charge in [0.2, 0.25) is 0 Å². The summed E-state index contributed by atoms with van der Waals surface area (Å²) in [6.07, 6.45) is 4.44. The van der Waals surface area contributed by atoms with Gasteiger partial charge in [-0.05, 0) is 43.1 Å². The molecule has 0 saturated heterocycles. The molecule has 1 aliphatic carbocycles. The fraction of sp³-hybridized carbons (Fsp3) is 0.550. The van der Waals surface area contributed by atoms with E-state index in [-0.39, 0.29) is 6.04 Å². The molecular formula is C20H28N2S. The van der Waals surface area contributed by atoms with Crippen molar-refractivity contribution in [3.63, 3.8) is 0 Å². The predicted octanol–water partition coefficient (Wildman–Crippen LogP) is 4.85. The number of rotatable bonds is 3. The summed E-state index contributed by atoms with van der Waals surface area (Å²) in [4.78, 5) is 6.39. The number of nitrogens with two attached hydrogens (primary N) is 1. The first kappa shape index (κ1) is 16.7. The molecule has 2 N–H and O–H groups in total. The molecule has 0 spiro atoms. The third kappa shape index (κ3) is 3.84. The summed E-state index contributed by atoms with van der Waals surface area (Å²) in [6.45, 7) is 9.18. The van der Waals surface area contributed by atoms with E-state index in [2.05, 4.69) is 52.0 Å². The minimum atomic E-state index is 0.0432. The van der Waals surface area contributed by atoms with Crippen LogP contribution < -0.4 is 5.73 Å². The van der Waals surface area contributed by atoms with Gasteiger partial charge in [0.05, 0.1) is 10.7 Å². The molecule has 2 unspecified atom stereocenters. The Labute approximate surface area is 144 Å². The largest absolute Gasteiger partial charge is 0.324 e. The van der Waals surface area contributed by atoms with Crippen molar-refractivity contribution in [1.82, 2.24) is 4.98 Å². The lowest BCUT2D eigenvalue weighted by Gasteiger charge is -2.33. The normalized spacial score (nSPS) is 19.4. The van der Waals surface area contributed by atoms with Crippen LogP contribution in [0.4, 0.5) is 0 Å². The first-order valence-corrected chi connectivity index (χ1v) is 9.44. The molecule has 3 rings (SSSR count). The number of nitrogens with zero attached hydrogens (tertiary/aromatic N) is 1. The van der Waals surface area contributed by atoms with Crippen LogP contribution in [-0.2, 0) is 19.3 Å². The Kier molecular flexibility index (Phi) is 4.61. The maximum atomic E-state index is 6.40. The van der Waals surface area contributed by atoms with Gasteiger partial charge < -0.3 is 5.73 Å². The summed E-state index contributed by atoms with van der Waals surface area (Å²) in [5, 5.41) is 1.21. The third-order valence-electron chi connectivity index (χ3n) is 5.11. The second-order valence-electron chi connectivity index (χ2n) is 8.00. The molecule has 0 fully saturated rings. The van der Waals surface area contributed by atoms with Crippen molar-refractivity contribution >= 4 is 11.3 Å². The second kappa shape index (κ2) is 6.37. The molecule has 23 heavy (non-hydrogen) atoms. The van der Waals surface area contributed by atoms with Crippen molar-refractivity contribution in [3.8, 4) is 0 Å². The maximum absolute atomic E-state index is 6.40. The minimum Gasteiger partial charge on any atom is -0.324 e. The molecule has 0 aliphatic heterocycles. The summed E-state index contributed by atoms with van der Waals surface area (Å²) >= 11 is 1.89. The molecule has 2 atom stereocenters. The van der Waals surface area contributed by atoms with Gasteiger partial charge in [0.1, 0.15) is 0 Å². The Morgan fingerprint density at radius 1 is 1.26 bits per heavy atom. The summed E-state index contributed by atoms with van der Waals surface area (Å²) in [5.41, 5.74) is 10.6. The predicted molar refractivity (Wildman–Crippen MR) is 98.9 cm³/mol. The summed E-state index contributed by atoms with van der Waals surface area (Å²) in [6, 6.07) is 8.60. The number of hydrogen-bond donors (Lipinski definition) is 1. The van der Waals surface area contributed by atoms with Gasteiger partial charge in [-0.25, -0.2) is 4.98 Å². The van der Waals surface area contributed by atoms with E-state index in [4.69, 9.17) is 10.7 Å². The molecule has 1 aromatic heterocycles. The zero-order chi connectivity index (χ0) is 16.6. The van der Waals surface area contributed by atoms with Gasteiger partial charge in [0.25, 0.3) is 0 Å². The smallest absolute Gasteiger partial charge is 0.0950 e. The molecule has 124 valence electrons. The zero-order valence-electron chi connectivity index (χ0n) is 14.7. The maximum Gasteiger partial charge on any atom is 0.0950 e. The third-order valence-corrected chi connectivity index (χ3v) is 6.25. The Balaban J connectivity index is 1.71. The van der Waals surface area contributed by atoms with E-state index in [1.165, 1.54) is 39.5 Å². The average molecular weight is 329 g/mol. The second-order valence-corrected chi connectivity index (χ2v) is 9.17. The van der Waals surface area contributed by atoms with Crippen LogP contribution in [0.25, 0.3) is 0 Å². The number of hydrogen-bond acceptors (Lipinski definition) is 3. The monoisotopic (exact) mass is 328 g/mol. The summed E-state index contributed by atoms with van der Waals surface area (Å²) in [7, 11) is 0. The van der Waals surface area contributed by atoms with Crippen LogP contribution in [0.3, 0.4) is 0 Å². The van der Waals surface area contributed by atoms with Gasteiger partial charge in [-0.15, -0.1) is 11.3 Å². The summed E-state index contributed by atoms with van der Waals surface area (Å²) < 4.78 is 0. The molecule has 1 aliphatic rings. The van der Waals surface area contributed by atoms with Crippen LogP contribution in [0.1, 0.15) is 59.9 Å². The minimum absolute atomic E-state index is 0.0432. The highest BCUT2D eigenvalue weighted by molar-refractivity contribution is 7.11. The molecule has 0 saturated carbocycles. The first-order valence-electron chi connectivity index (χ1n) is 8.62. The fourth-order valence-electron chi connectivity index (χ4n) is 3.37. The van der Waals surface area contributed by atoms with Gasteiger partial charge in [-0.2, -0.15) is 0 Å². The van der Waals surface area contributed by atoms with Crippen LogP contribution >= 0.6 is 11.3 Å². The molecule has 0 radical (unpaired) electrons. The van der Waals surface area contributed by atoms with Gasteiger partial charge in [0, 0.05) is 17.3 Å². The van der Waals surface area contributed by atoms with Gasteiger partial charge in [-0.3, -0.25) is 0 Å². The highest BCUT2D eigenvalue weighted by Crippen LogP contribution is 2.39. The van der Waals surface area contributed by atoms with Gasteiger partial charge in [-0.1, -0.05) is 50.6 Å². The number of aryl methyl sites for hydroxylation is 2. The van der Waals surface area contributed by atoms with Crippen LogP contribution in [0.2, 0.25) is 0 Å².